The first-order valence-electron chi connectivity index (χ1n) is 5.93. The van der Waals surface area contributed by atoms with E-state index in [0.29, 0.717) is 11.1 Å². The fourth-order valence-corrected chi connectivity index (χ4v) is 1.59. The maximum Gasteiger partial charge on any atom is 0.435 e. The Hall–Kier alpha value is -2.30. The number of aromatic nitrogens is 2. The van der Waals surface area contributed by atoms with Gasteiger partial charge in [0, 0.05) is 17.3 Å². The number of phenols is 1. The van der Waals surface area contributed by atoms with Crippen molar-refractivity contribution in [3.8, 4) is 16.9 Å². The molecule has 1 aromatic carbocycles. The van der Waals surface area contributed by atoms with Crippen LogP contribution in [0.3, 0.4) is 0 Å². The van der Waals surface area contributed by atoms with Crippen LogP contribution in [0.15, 0.2) is 36.7 Å². The largest absolute Gasteiger partial charge is 0.507 e. The molecule has 19 heavy (non-hydrogen) atoms. The van der Waals surface area contributed by atoms with Gasteiger partial charge in [-0.1, -0.05) is 18.2 Å². The second-order valence-electron chi connectivity index (χ2n) is 5.17. The molecule has 0 spiro atoms. The van der Waals surface area contributed by atoms with E-state index in [4.69, 9.17) is 4.74 Å². The van der Waals surface area contributed by atoms with Gasteiger partial charge in [-0.2, -0.15) is 9.78 Å². The van der Waals surface area contributed by atoms with Crippen LogP contribution in [0.5, 0.6) is 5.75 Å². The molecule has 0 unspecified atom stereocenters. The summed E-state index contributed by atoms with van der Waals surface area (Å²) >= 11 is 0. The van der Waals surface area contributed by atoms with Crippen LogP contribution >= 0.6 is 0 Å². The van der Waals surface area contributed by atoms with Crippen molar-refractivity contribution in [1.29, 1.82) is 0 Å². The smallest absolute Gasteiger partial charge is 0.435 e. The standard InChI is InChI=1S/C14H16N2O3/c1-14(2,3)19-13(18)16-9-10(8-15-16)11-6-4-5-7-12(11)17/h4-9,17H,1-3H3. The Balaban J connectivity index is 2.25. The van der Waals surface area contributed by atoms with E-state index < -0.39 is 11.7 Å². The molecule has 5 nitrogen and oxygen atoms in total. The highest BCUT2D eigenvalue weighted by atomic mass is 16.6. The van der Waals surface area contributed by atoms with Crippen LogP contribution in [0.4, 0.5) is 4.79 Å². The number of rotatable bonds is 1. The van der Waals surface area contributed by atoms with E-state index in [9.17, 15) is 9.90 Å². The summed E-state index contributed by atoms with van der Waals surface area (Å²) in [6.45, 7) is 5.37. The zero-order chi connectivity index (χ0) is 14.0. The number of ether oxygens (including phenoxy) is 1. The monoisotopic (exact) mass is 260 g/mol. The minimum Gasteiger partial charge on any atom is -0.507 e. The highest BCUT2D eigenvalue weighted by molar-refractivity contribution is 5.74. The first-order valence-corrected chi connectivity index (χ1v) is 5.93. The average molecular weight is 260 g/mol. The van der Waals surface area contributed by atoms with Gasteiger partial charge in [0.25, 0.3) is 0 Å². The molecule has 0 aliphatic rings. The number of carbonyl (C=O) groups excluding carboxylic acids is 1. The molecule has 0 aliphatic carbocycles. The average Bonchev–Trinajstić information content (AvgIpc) is 2.76. The van der Waals surface area contributed by atoms with E-state index >= 15 is 0 Å². The Labute approximate surface area is 111 Å². The second kappa shape index (κ2) is 4.76. The van der Waals surface area contributed by atoms with Gasteiger partial charge < -0.3 is 9.84 Å². The molecule has 1 heterocycles. The van der Waals surface area contributed by atoms with Crippen molar-refractivity contribution < 1.29 is 14.6 Å². The van der Waals surface area contributed by atoms with Crippen molar-refractivity contribution in [2.75, 3.05) is 0 Å². The summed E-state index contributed by atoms with van der Waals surface area (Å²) in [5.41, 5.74) is 0.708. The summed E-state index contributed by atoms with van der Waals surface area (Å²) in [5.74, 6) is 0.145. The third-order valence-corrected chi connectivity index (χ3v) is 2.38. The van der Waals surface area contributed by atoms with Crippen molar-refractivity contribution in [2.45, 2.75) is 26.4 Å². The Bertz CT molecular complexity index is 597. The SMILES string of the molecule is CC(C)(C)OC(=O)n1cc(-c2ccccc2O)cn1. The zero-order valence-electron chi connectivity index (χ0n) is 11.1. The molecule has 0 bridgehead atoms. The Morgan fingerprint density at radius 2 is 2.00 bits per heavy atom. The molecule has 0 amide bonds. The van der Waals surface area contributed by atoms with Gasteiger partial charge in [0.1, 0.15) is 11.4 Å². The van der Waals surface area contributed by atoms with Crippen LogP contribution in [0.1, 0.15) is 20.8 Å². The molecule has 2 rings (SSSR count). The van der Waals surface area contributed by atoms with Crippen LogP contribution in [0, 0.1) is 0 Å². The van der Waals surface area contributed by atoms with Crippen molar-refractivity contribution >= 4 is 6.09 Å². The van der Waals surface area contributed by atoms with Crippen LogP contribution in [0.25, 0.3) is 11.1 Å². The van der Waals surface area contributed by atoms with Gasteiger partial charge in [-0.25, -0.2) is 4.79 Å². The third kappa shape index (κ3) is 3.13. The molecule has 100 valence electrons. The first-order chi connectivity index (χ1) is 8.87. The van der Waals surface area contributed by atoms with Crippen LogP contribution in [-0.2, 0) is 4.74 Å². The molecule has 0 saturated heterocycles. The first kappa shape index (κ1) is 13.1. The van der Waals surface area contributed by atoms with Crippen LogP contribution in [-0.4, -0.2) is 26.6 Å². The number of phenolic OH excluding ortho intramolecular Hbond substituents is 1. The van der Waals surface area contributed by atoms with Gasteiger partial charge in [-0.15, -0.1) is 0 Å². The van der Waals surface area contributed by atoms with E-state index in [1.54, 1.807) is 45.0 Å². The second-order valence-corrected chi connectivity index (χ2v) is 5.17. The Morgan fingerprint density at radius 3 is 2.63 bits per heavy atom. The quantitative estimate of drug-likeness (QED) is 0.856. The summed E-state index contributed by atoms with van der Waals surface area (Å²) < 4.78 is 6.32. The summed E-state index contributed by atoms with van der Waals surface area (Å²) in [6.07, 6.45) is 2.50. The maximum atomic E-state index is 11.8. The normalized spacial score (nSPS) is 11.3. The fraction of sp³-hybridized carbons (Fsp3) is 0.286. The molecule has 0 atom stereocenters. The lowest BCUT2D eigenvalue weighted by atomic mass is 10.1. The molecule has 0 saturated carbocycles. The number of carbonyl (C=O) groups is 1. The number of nitrogens with zero attached hydrogens (tertiary/aromatic N) is 2. The van der Waals surface area contributed by atoms with E-state index in [-0.39, 0.29) is 5.75 Å². The molecule has 0 radical (unpaired) electrons. The number of hydrogen-bond donors (Lipinski definition) is 1. The summed E-state index contributed by atoms with van der Waals surface area (Å²) in [6, 6.07) is 6.88. The highest BCUT2D eigenvalue weighted by Gasteiger charge is 2.19. The number of aromatic hydroxyl groups is 1. The van der Waals surface area contributed by atoms with Gasteiger partial charge in [-0.05, 0) is 26.8 Å². The lowest BCUT2D eigenvalue weighted by molar-refractivity contribution is 0.0514. The molecular formula is C14H16N2O3. The van der Waals surface area contributed by atoms with E-state index in [1.165, 1.54) is 12.4 Å². The lowest BCUT2D eigenvalue weighted by Crippen LogP contribution is -2.27. The summed E-state index contributed by atoms with van der Waals surface area (Å²) in [7, 11) is 0. The third-order valence-electron chi connectivity index (χ3n) is 2.38. The van der Waals surface area contributed by atoms with Crippen LogP contribution in [0.2, 0.25) is 0 Å². The molecule has 1 aromatic heterocycles. The minimum absolute atomic E-state index is 0.145. The Morgan fingerprint density at radius 1 is 1.32 bits per heavy atom. The van der Waals surface area contributed by atoms with Crippen molar-refractivity contribution in [1.82, 2.24) is 9.78 Å². The van der Waals surface area contributed by atoms with Gasteiger partial charge in [-0.3, -0.25) is 0 Å². The van der Waals surface area contributed by atoms with E-state index in [2.05, 4.69) is 5.10 Å². The van der Waals surface area contributed by atoms with Crippen molar-refractivity contribution in [2.24, 2.45) is 0 Å². The highest BCUT2D eigenvalue weighted by Crippen LogP contribution is 2.28. The lowest BCUT2D eigenvalue weighted by Gasteiger charge is -2.18. The molecular weight excluding hydrogens is 244 g/mol. The van der Waals surface area contributed by atoms with Gasteiger partial charge in [0.2, 0.25) is 0 Å². The van der Waals surface area contributed by atoms with E-state index in [0.717, 1.165) is 4.68 Å². The fourth-order valence-electron chi connectivity index (χ4n) is 1.59. The molecule has 1 N–H and O–H groups in total. The van der Waals surface area contributed by atoms with Crippen molar-refractivity contribution in [3.05, 3.63) is 36.7 Å². The van der Waals surface area contributed by atoms with Gasteiger partial charge in [0.05, 0.1) is 6.20 Å². The zero-order valence-corrected chi connectivity index (χ0v) is 11.1. The number of hydrogen-bond acceptors (Lipinski definition) is 4. The Kier molecular flexibility index (Phi) is 3.29. The molecule has 2 aromatic rings. The molecule has 0 aliphatic heterocycles. The summed E-state index contributed by atoms with van der Waals surface area (Å²) in [5, 5.41) is 13.7. The number of benzene rings is 1. The number of para-hydroxylation sites is 1. The predicted molar refractivity (Wildman–Crippen MR) is 71.0 cm³/mol. The van der Waals surface area contributed by atoms with Gasteiger partial charge in [0.15, 0.2) is 0 Å². The van der Waals surface area contributed by atoms with Crippen molar-refractivity contribution in [3.63, 3.8) is 0 Å². The maximum absolute atomic E-state index is 11.8. The predicted octanol–water partition coefficient (Wildman–Crippen LogP) is 3.04. The topological polar surface area (TPSA) is 64.3 Å². The van der Waals surface area contributed by atoms with Gasteiger partial charge >= 0.3 is 6.09 Å². The molecule has 5 heteroatoms. The van der Waals surface area contributed by atoms with E-state index in [1.807, 2.05) is 0 Å². The molecule has 0 fully saturated rings. The summed E-state index contributed by atoms with van der Waals surface area (Å²) in [4.78, 5) is 11.8. The minimum atomic E-state index is -0.571. The van der Waals surface area contributed by atoms with Crippen LogP contribution < -0.4 is 0 Å².